The van der Waals surface area contributed by atoms with Crippen LogP contribution in [0.2, 0.25) is 0 Å². The van der Waals surface area contributed by atoms with Crippen molar-refractivity contribution < 1.29 is 34.2 Å². The molecule has 0 heterocycles. The van der Waals surface area contributed by atoms with E-state index < -0.39 is 53.9 Å². The van der Waals surface area contributed by atoms with Crippen LogP contribution >= 0.6 is 11.8 Å². The Morgan fingerprint density at radius 1 is 0.642 bits per heavy atom. The van der Waals surface area contributed by atoms with Crippen LogP contribution in [-0.2, 0) is 43.2 Å². The molecule has 4 amide bonds. The number of hydrogen-bond acceptors (Lipinski definition) is 8. The van der Waals surface area contributed by atoms with Gasteiger partial charge in [0.2, 0.25) is 23.6 Å². The van der Waals surface area contributed by atoms with E-state index in [2.05, 4.69) is 33.2 Å². The van der Waals surface area contributed by atoms with E-state index in [1.54, 1.807) is 78.5 Å². The van der Waals surface area contributed by atoms with Gasteiger partial charge in [-0.25, -0.2) is 4.79 Å². The third-order valence-electron chi connectivity index (χ3n) is 8.41. The first-order chi connectivity index (χ1) is 25.4. The van der Waals surface area contributed by atoms with Gasteiger partial charge in [-0.1, -0.05) is 93.2 Å². The summed E-state index contributed by atoms with van der Waals surface area (Å²) in [7, 11) is 0. The maximum atomic E-state index is 14.2. The molecule has 5 atom stereocenters. The molecule has 0 bridgehead atoms. The fraction of sp³-hybridized carbons (Fsp3) is 0.375. The Morgan fingerprint density at radius 2 is 1.06 bits per heavy atom. The second-order valence-corrected chi connectivity index (χ2v) is 14.2. The van der Waals surface area contributed by atoms with Crippen LogP contribution in [0.4, 0.5) is 0 Å². The first-order valence-corrected chi connectivity index (χ1v) is 18.9. The SMILES string of the molecule is C=CN[C@@H](CCSC)C(=O)N[C@@H](CC(C)C)C(=O)N[C@@H](Cc1ccc(O)cc1)C(=O)NC(Cc1ccccc1)C(=O)NC(Cc1ccccc1)C(=O)O. The lowest BCUT2D eigenvalue weighted by Gasteiger charge is -2.27. The molecule has 2 unspecified atom stereocenters. The summed E-state index contributed by atoms with van der Waals surface area (Å²) < 4.78 is 0. The number of rotatable bonds is 22. The molecule has 13 heteroatoms. The highest BCUT2D eigenvalue weighted by molar-refractivity contribution is 7.98. The van der Waals surface area contributed by atoms with E-state index in [1.165, 1.54) is 18.3 Å². The molecule has 3 aromatic carbocycles. The standard InChI is InChI=1S/C40H51N5O7S/c1-5-41-31(20-21-53-4)36(47)42-32(22-26(2)3)37(48)43-34(24-29-16-18-30(46)19-17-29)38(49)44-33(23-27-12-8-6-9-13-27)39(50)45-35(40(51)52)25-28-14-10-7-11-15-28/h5-19,26,31-35,41,46H,1,20-25H2,2-4H3,(H,42,47)(H,43,48)(H,44,49)(H,45,50)(H,51,52)/t31-,32-,33?,34-,35?/m0/s1. The van der Waals surface area contributed by atoms with Crippen LogP contribution in [0.1, 0.15) is 43.4 Å². The number of thioether (sulfide) groups is 1. The molecular formula is C40H51N5O7S. The summed E-state index contributed by atoms with van der Waals surface area (Å²) in [4.78, 5) is 67.5. The zero-order valence-corrected chi connectivity index (χ0v) is 31.2. The smallest absolute Gasteiger partial charge is 0.326 e. The lowest BCUT2D eigenvalue weighted by Crippen LogP contribution is -2.59. The molecule has 0 fully saturated rings. The van der Waals surface area contributed by atoms with Gasteiger partial charge in [0.15, 0.2) is 0 Å². The topological polar surface area (TPSA) is 186 Å². The summed E-state index contributed by atoms with van der Waals surface area (Å²) in [6, 6.07) is 18.7. The van der Waals surface area contributed by atoms with Crippen LogP contribution in [-0.4, -0.2) is 82.0 Å². The van der Waals surface area contributed by atoms with Gasteiger partial charge in [-0.2, -0.15) is 11.8 Å². The molecule has 0 saturated heterocycles. The monoisotopic (exact) mass is 745 g/mol. The summed E-state index contributed by atoms with van der Waals surface area (Å²) >= 11 is 1.58. The van der Waals surface area contributed by atoms with Crippen LogP contribution in [0.5, 0.6) is 5.75 Å². The molecule has 0 radical (unpaired) electrons. The zero-order chi connectivity index (χ0) is 38.8. The molecule has 0 saturated carbocycles. The summed E-state index contributed by atoms with van der Waals surface area (Å²) in [6.07, 6.45) is 4.20. The highest BCUT2D eigenvalue weighted by Crippen LogP contribution is 2.14. The van der Waals surface area contributed by atoms with Crippen molar-refractivity contribution in [1.29, 1.82) is 0 Å². The van der Waals surface area contributed by atoms with Crippen molar-refractivity contribution in [3.8, 4) is 5.75 Å². The fourth-order valence-electron chi connectivity index (χ4n) is 5.65. The normalized spacial score (nSPS) is 13.7. The minimum atomic E-state index is -1.27. The lowest BCUT2D eigenvalue weighted by molar-refractivity contribution is -0.142. The largest absolute Gasteiger partial charge is 0.508 e. The van der Waals surface area contributed by atoms with Crippen molar-refractivity contribution in [1.82, 2.24) is 26.6 Å². The van der Waals surface area contributed by atoms with Gasteiger partial charge in [0.1, 0.15) is 36.0 Å². The van der Waals surface area contributed by atoms with E-state index in [0.29, 0.717) is 28.9 Å². The Balaban J connectivity index is 1.91. The van der Waals surface area contributed by atoms with Crippen LogP contribution < -0.4 is 26.6 Å². The average Bonchev–Trinajstić information content (AvgIpc) is 3.13. The van der Waals surface area contributed by atoms with Crippen LogP contribution in [0.3, 0.4) is 0 Å². The molecule has 0 aliphatic heterocycles. The Bertz CT molecular complexity index is 1640. The number of nitrogens with one attached hydrogen (secondary N) is 5. The molecular weight excluding hydrogens is 695 g/mol. The molecule has 3 rings (SSSR count). The number of hydrogen-bond donors (Lipinski definition) is 7. The predicted octanol–water partition coefficient (Wildman–Crippen LogP) is 3.34. The van der Waals surface area contributed by atoms with Crippen molar-refractivity contribution in [3.05, 3.63) is 114 Å². The van der Waals surface area contributed by atoms with Crippen molar-refractivity contribution >= 4 is 41.4 Å². The molecule has 0 aliphatic carbocycles. The van der Waals surface area contributed by atoms with Crippen molar-refractivity contribution in [2.45, 2.75) is 76.2 Å². The van der Waals surface area contributed by atoms with Gasteiger partial charge in [0, 0.05) is 19.3 Å². The van der Waals surface area contributed by atoms with Gasteiger partial charge < -0.3 is 36.8 Å². The Morgan fingerprint density at radius 3 is 1.51 bits per heavy atom. The first-order valence-electron chi connectivity index (χ1n) is 17.6. The minimum Gasteiger partial charge on any atom is -0.508 e. The van der Waals surface area contributed by atoms with Gasteiger partial charge in [-0.3, -0.25) is 19.2 Å². The summed E-state index contributed by atoms with van der Waals surface area (Å²) in [6.45, 7) is 7.49. The van der Waals surface area contributed by atoms with E-state index in [0.717, 1.165) is 0 Å². The van der Waals surface area contributed by atoms with Crippen molar-refractivity contribution in [2.75, 3.05) is 12.0 Å². The number of amides is 4. The van der Waals surface area contributed by atoms with Crippen molar-refractivity contribution in [3.63, 3.8) is 0 Å². The van der Waals surface area contributed by atoms with Crippen LogP contribution in [0.25, 0.3) is 0 Å². The summed E-state index contributed by atoms with van der Waals surface area (Å²) in [5.74, 6) is -2.90. The third kappa shape index (κ3) is 14.7. The number of carbonyl (C=O) groups excluding carboxylic acids is 4. The zero-order valence-electron chi connectivity index (χ0n) is 30.4. The number of carbonyl (C=O) groups is 5. The number of aromatic hydroxyl groups is 1. The van der Waals surface area contributed by atoms with E-state index in [-0.39, 0.29) is 43.3 Å². The summed E-state index contributed by atoms with van der Waals surface area (Å²) in [5.41, 5.74) is 2.03. The molecule has 3 aromatic rings. The number of phenols is 1. The Hall–Kier alpha value is -5.30. The molecule has 0 spiro atoms. The second-order valence-electron chi connectivity index (χ2n) is 13.2. The maximum Gasteiger partial charge on any atom is 0.326 e. The minimum absolute atomic E-state index is 0.00412. The number of aliphatic carboxylic acids is 1. The highest BCUT2D eigenvalue weighted by Gasteiger charge is 2.33. The van der Waals surface area contributed by atoms with E-state index in [1.807, 2.05) is 26.2 Å². The fourth-order valence-corrected chi connectivity index (χ4v) is 6.12. The number of benzene rings is 3. The third-order valence-corrected chi connectivity index (χ3v) is 9.05. The van der Waals surface area contributed by atoms with E-state index in [9.17, 15) is 34.2 Å². The molecule has 53 heavy (non-hydrogen) atoms. The van der Waals surface area contributed by atoms with Crippen LogP contribution in [0.15, 0.2) is 97.7 Å². The van der Waals surface area contributed by atoms with Gasteiger partial charge in [-0.05, 0) is 65.8 Å². The second kappa shape index (κ2) is 21.9. The molecule has 7 N–H and O–H groups in total. The van der Waals surface area contributed by atoms with Gasteiger partial charge >= 0.3 is 5.97 Å². The highest BCUT2D eigenvalue weighted by atomic mass is 32.2. The first kappa shape index (κ1) is 42.1. The molecule has 12 nitrogen and oxygen atoms in total. The van der Waals surface area contributed by atoms with Crippen LogP contribution in [0, 0.1) is 5.92 Å². The molecule has 0 aromatic heterocycles. The van der Waals surface area contributed by atoms with Crippen molar-refractivity contribution in [2.24, 2.45) is 5.92 Å². The number of carboxylic acid groups (broad SMARTS) is 1. The van der Waals surface area contributed by atoms with Gasteiger partial charge in [-0.15, -0.1) is 0 Å². The molecule has 0 aliphatic rings. The lowest BCUT2D eigenvalue weighted by atomic mass is 9.99. The predicted molar refractivity (Wildman–Crippen MR) is 207 cm³/mol. The van der Waals surface area contributed by atoms with E-state index in [4.69, 9.17) is 0 Å². The van der Waals surface area contributed by atoms with Gasteiger partial charge in [0.05, 0.1) is 0 Å². The maximum absolute atomic E-state index is 14.2. The quantitative estimate of drug-likeness (QED) is 0.0811. The summed E-state index contributed by atoms with van der Waals surface area (Å²) in [5, 5.41) is 33.8. The average molecular weight is 746 g/mol. The number of phenolic OH excluding ortho intramolecular Hbond substituents is 1. The van der Waals surface area contributed by atoms with E-state index >= 15 is 0 Å². The Labute approximate surface area is 315 Å². The number of carboxylic acids is 1. The molecule has 284 valence electrons. The Kier molecular flexibility index (Phi) is 17.4. The van der Waals surface area contributed by atoms with Gasteiger partial charge in [0.25, 0.3) is 0 Å².